The van der Waals surface area contributed by atoms with Gasteiger partial charge < -0.3 is 10.4 Å². The summed E-state index contributed by atoms with van der Waals surface area (Å²) in [6.07, 6.45) is -0.534. The van der Waals surface area contributed by atoms with E-state index >= 15 is 0 Å². The molecule has 0 radical (unpaired) electrons. The van der Waals surface area contributed by atoms with Gasteiger partial charge >= 0.3 is 0 Å². The monoisotopic (exact) mass is 325 g/mol. The number of carbonyl (C=O) groups is 1. The van der Waals surface area contributed by atoms with Gasteiger partial charge in [0.2, 0.25) is 5.91 Å². The van der Waals surface area contributed by atoms with Gasteiger partial charge in [0.1, 0.15) is 0 Å². The Balaban J connectivity index is 1.76. The van der Waals surface area contributed by atoms with Crippen molar-refractivity contribution in [3.05, 3.63) is 34.9 Å². The van der Waals surface area contributed by atoms with Gasteiger partial charge in [-0.2, -0.15) is 0 Å². The molecular formula is C16H24ClN3O2. The molecule has 1 fully saturated rings. The predicted molar refractivity (Wildman–Crippen MR) is 88.0 cm³/mol. The molecule has 1 aliphatic rings. The van der Waals surface area contributed by atoms with Crippen LogP contribution in [0.1, 0.15) is 18.6 Å². The van der Waals surface area contributed by atoms with Crippen LogP contribution in [0.5, 0.6) is 0 Å². The fourth-order valence-corrected chi connectivity index (χ4v) is 2.85. The number of β-amino-alcohol motifs (C(OH)–C–C–N with tert-alkyl or cyclic N) is 1. The number of aliphatic hydroxyl groups is 1. The summed E-state index contributed by atoms with van der Waals surface area (Å²) in [7, 11) is 0. The molecule has 22 heavy (non-hydrogen) atoms. The number of amides is 1. The molecule has 1 aromatic carbocycles. The van der Waals surface area contributed by atoms with E-state index in [0.717, 1.165) is 31.7 Å². The molecule has 0 spiro atoms. The van der Waals surface area contributed by atoms with E-state index in [1.165, 1.54) is 0 Å². The van der Waals surface area contributed by atoms with Crippen LogP contribution in [-0.2, 0) is 4.79 Å². The van der Waals surface area contributed by atoms with Crippen LogP contribution in [0, 0.1) is 0 Å². The third kappa shape index (κ3) is 5.25. The number of hydrogen-bond donors (Lipinski definition) is 2. The second-order valence-corrected chi connectivity index (χ2v) is 6.04. The number of nitrogens with one attached hydrogen (secondary N) is 1. The minimum Gasteiger partial charge on any atom is -0.387 e. The number of nitrogens with zero attached hydrogens (tertiary/aromatic N) is 2. The normalized spacial score (nSPS) is 18.1. The summed E-state index contributed by atoms with van der Waals surface area (Å²) in [5, 5.41) is 13.8. The molecule has 0 bridgehead atoms. The van der Waals surface area contributed by atoms with Gasteiger partial charge in [0.05, 0.1) is 12.6 Å². The molecule has 0 aromatic heterocycles. The van der Waals surface area contributed by atoms with Crippen LogP contribution < -0.4 is 5.32 Å². The number of halogens is 1. The molecule has 1 atom stereocenters. The van der Waals surface area contributed by atoms with Gasteiger partial charge in [0.15, 0.2) is 0 Å². The summed E-state index contributed by atoms with van der Waals surface area (Å²) < 4.78 is 0. The van der Waals surface area contributed by atoms with Gasteiger partial charge in [0.25, 0.3) is 0 Å². The molecular weight excluding hydrogens is 302 g/mol. The molecule has 1 aromatic rings. The standard InChI is InChI=1S/C16H24ClN3O2/c1-2-18-16(22)12-20-8-6-19(7-9-20)11-15(21)13-4-3-5-14(17)10-13/h3-5,10,15,21H,2,6-9,11-12H2,1H3,(H,18,22). The number of hydrogen-bond acceptors (Lipinski definition) is 4. The quantitative estimate of drug-likeness (QED) is 0.823. The Hall–Kier alpha value is -1.14. The van der Waals surface area contributed by atoms with E-state index in [4.69, 9.17) is 11.6 Å². The molecule has 1 heterocycles. The van der Waals surface area contributed by atoms with Crippen molar-refractivity contribution in [1.29, 1.82) is 0 Å². The van der Waals surface area contributed by atoms with Crippen molar-refractivity contribution in [2.45, 2.75) is 13.0 Å². The zero-order valence-corrected chi connectivity index (χ0v) is 13.7. The van der Waals surface area contributed by atoms with Gasteiger partial charge in [-0.05, 0) is 24.6 Å². The number of aliphatic hydroxyl groups excluding tert-OH is 1. The van der Waals surface area contributed by atoms with Crippen molar-refractivity contribution in [2.75, 3.05) is 45.8 Å². The van der Waals surface area contributed by atoms with Crippen molar-refractivity contribution in [3.63, 3.8) is 0 Å². The number of likely N-dealkylation sites (N-methyl/N-ethyl adjacent to an activating group) is 1. The summed E-state index contributed by atoms with van der Waals surface area (Å²) in [5.41, 5.74) is 0.845. The van der Waals surface area contributed by atoms with Crippen LogP contribution in [0.2, 0.25) is 5.02 Å². The van der Waals surface area contributed by atoms with Gasteiger partial charge in [-0.1, -0.05) is 23.7 Å². The number of benzene rings is 1. The molecule has 5 nitrogen and oxygen atoms in total. The maximum atomic E-state index is 11.6. The minimum absolute atomic E-state index is 0.0786. The average molecular weight is 326 g/mol. The molecule has 122 valence electrons. The van der Waals surface area contributed by atoms with Gasteiger partial charge in [-0.3, -0.25) is 14.6 Å². The van der Waals surface area contributed by atoms with E-state index in [1.54, 1.807) is 12.1 Å². The van der Waals surface area contributed by atoms with Crippen LogP contribution in [0.4, 0.5) is 0 Å². The van der Waals surface area contributed by atoms with Gasteiger partial charge in [0, 0.05) is 44.3 Å². The number of piperazine rings is 1. The number of carbonyl (C=O) groups excluding carboxylic acids is 1. The van der Waals surface area contributed by atoms with Crippen molar-refractivity contribution in [3.8, 4) is 0 Å². The first kappa shape index (κ1) is 17.2. The summed E-state index contributed by atoms with van der Waals surface area (Å²) in [4.78, 5) is 15.9. The summed E-state index contributed by atoms with van der Waals surface area (Å²) in [6, 6.07) is 7.35. The van der Waals surface area contributed by atoms with Crippen LogP contribution in [0.25, 0.3) is 0 Å². The Kier molecular flexibility index (Phi) is 6.64. The Labute approximate surface area is 136 Å². The van der Waals surface area contributed by atoms with Crippen molar-refractivity contribution in [1.82, 2.24) is 15.1 Å². The lowest BCUT2D eigenvalue weighted by Gasteiger charge is -2.35. The Morgan fingerprint density at radius 2 is 2.00 bits per heavy atom. The Morgan fingerprint density at radius 3 is 2.64 bits per heavy atom. The smallest absolute Gasteiger partial charge is 0.234 e. The summed E-state index contributed by atoms with van der Waals surface area (Å²) in [6.45, 7) is 7.05. The lowest BCUT2D eigenvalue weighted by Crippen LogP contribution is -2.50. The SMILES string of the molecule is CCNC(=O)CN1CCN(CC(O)c2cccc(Cl)c2)CC1. The maximum Gasteiger partial charge on any atom is 0.234 e. The predicted octanol–water partition coefficient (Wildman–Crippen LogP) is 1.13. The first-order valence-corrected chi connectivity index (χ1v) is 8.11. The van der Waals surface area contributed by atoms with Crippen LogP contribution in [-0.4, -0.2) is 66.6 Å². The minimum atomic E-state index is -0.534. The van der Waals surface area contributed by atoms with E-state index in [9.17, 15) is 9.90 Å². The van der Waals surface area contributed by atoms with Crippen LogP contribution in [0.3, 0.4) is 0 Å². The molecule has 1 aliphatic heterocycles. The molecule has 1 saturated heterocycles. The molecule has 0 aliphatic carbocycles. The average Bonchev–Trinajstić information content (AvgIpc) is 2.49. The largest absolute Gasteiger partial charge is 0.387 e. The lowest BCUT2D eigenvalue weighted by molar-refractivity contribution is -0.122. The highest BCUT2D eigenvalue weighted by atomic mass is 35.5. The lowest BCUT2D eigenvalue weighted by atomic mass is 10.1. The first-order chi connectivity index (χ1) is 10.6. The molecule has 1 amide bonds. The van der Waals surface area contributed by atoms with E-state index < -0.39 is 6.10 Å². The highest BCUT2D eigenvalue weighted by Gasteiger charge is 2.21. The molecule has 0 saturated carbocycles. The van der Waals surface area contributed by atoms with Gasteiger partial charge in [-0.15, -0.1) is 0 Å². The molecule has 2 rings (SSSR count). The van der Waals surface area contributed by atoms with Gasteiger partial charge in [-0.25, -0.2) is 0 Å². The second kappa shape index (κ2) is 8.48. The van der Waals surface area contributed by atoms with Crippen molar-refractivity contribution < 1.29 is 9.90 Å². The third-order valence-electron chi connectivity index (χ3n) is 3.87. The van der Waals surface area contributed by atoms with E-state index in [-0.39, 0.29) is 5.91 Å². The fraction of sp³-hybridized carbons (Fsp3) is 0.562. The maximum absolute atomic E-state index is 11.6. The van der Waals surface area contributed by atoms with Crippen LogP contribution >= 0.6 is 11.6 Å². The summed E-state index contributed by atoms with van der Waals surface area (Å²) in [5.74, 6) is 0.0786. The Bertz CT molecular complexity index is 490. The summed E-state index contributed by atoms with van der Waals surface area (Å²) >= 11 is 5.96. The first-order valence-electron chi connectivity index (χ1n) is 7.73. The second-order valence-electron chi connectivity index (χ2n) is 5.60. The third-order valence-corrected chi connectivity index (χ3v) is 4.11. The van der Waals surface area contributed by atoms with Crippen molar-refractivity contribution in [2.24, 2.45) is 0 Å². The Morgan fingerprint density at radius 1 is 1.32 bits per heavy atom. The van der Waals surface area contributed by atoms with E-state index in [1.807, 2.05) is 19.1 Å². The van der Waals surface area contributed by atoms with E-state index in [0.29, 0.717) is 24.7 Å². The fourth-order valence-electron chi connectivity index (χ4n) is 2.65. The zero-order chi connectivity index (χ0) is 15.9. The molecule has 1 unspecified atom stereocenters. The topological polar surface area (TPSA) is 55.8 Å². The highest BCUT2D eigenvalue weighted by Crippen LogP contribution is 2.19. The molecule has 6 heteroatoms. The van der Waals surface area contributed by atoms with E-state index in [2.05, 4.69) is 15.1 Å². The highest BCUT2D eigenvalue weighted by molar-refractivity contribution is 6.30. The van der Waals surface area contributed by atoms with Crippen LogP contribution in [0.15, 0.2) is 24.3 Å². The number of rotatable bonds is 6. The van der Waals surface area contributed by atoms with Crippen molar-refractivity contribution >= 4 is 17.5 Å². The molecule has 2 N–H and O–H groups in total. The zero-order valence-electron chi connectivity index (χ0n) is 13.0.